The molecule has 0 aliphatic heterocycles. The highest BCUT2D eigenvalue weighted by atomic mass is 79.9. The lowest BCUT2D eigenvalue weighted by Gasteiger charge is -2.04. The molecule has 4 heteroatoms. The maximum atomic E-state index is 10.6. The monoisotopic (exact) mass is 300 g/mol. The van der Waals surface area contributed by atoms with Crippen molar-refractivity contribution in [2.24, 2.45) is 0 Å². The molecular formula is C12H10BrClO2. The van der Waals surface area contributed by atoms with Gasteiger partial charge in [0.15, 0.2) is 5.01 Å². The summed E-state index contributed by atoms with van der Waals surface area (Å²) in [5.74, 6) is 5.53. The summed E-state index contributed by atoms with van der Waals surface area (Å²) in [5.41, 5.74) is 0.881. The predicted octanol–water partition coefficient (Wildman–Crippen LogP) is 3.37. The lowest BCUT2D eigenvalue weighted by molar-refractivity contribution is -0.141. The van der Waals surface area contributed by atoms with Crippen molar-refractivity contribution in [3.05, 3.63) is 34.9 Å². The molecular weight excluding hydrogens is 291 g/mol. The fraction of sp³-hybridized carbons (Fsp3) is 0.250. The van der Waals surface area contributed by atoms with Gasteiger partial charge in [0.1, 0.15) is 0 Å². The lowest BCUT2D eigenvalue weighted by Crippen LogP contribution is -2.07. The summed E-state index contributed by atoms with van der Waals surface area (Å²) >= 11 is 8.94. The maximum absolute atomic E-state index is 10.6. The first-order chi connectivity index (χ1) is 7.58. The highest BCUT2D eigenvalue weighted by molar-refractivity contribution is 9.09. The van der Waals surface area contributed by atoms with Crippen LogP contribution in [-0.2, 0) is 9.53 Å². The summed E-state index contributed by atoms with van der Waals surface area (Å²) in [6, 6.07) is 7.24. The average Bonchev–Trinajstić information content (AvgIpc) is 2.20. The van der Waals surface area contributed by atoms with Crippen LogP contribution in [0.5, 0.6) is 0 Å². The zero-order valence-electron chi connectivity index (χ0n) is 8.67. The summed E-state index contributed by atoms with van der Waals surface area (Å²) in [7, 11) is 0. The Morgan fingerprint density at radius 1 is 1.50 bits per heavy atom. The minimum Gasteiger partial charge on any atom is -0.450 e. The van der Waals surface area contributed by atoms with Gasteiger partial charge >= 0.3 is 5.97 Å². The number of alkyl halides is 1. The van der Waals surface area contributed by atoms with Gasteiger partial charge in [0.2, 0.25) is 0 Å². The predicted molar refractivity (Wildman–Crippen MR) is 67.4 cm³/mol. The molecule has 0 spiro atoms. The second kappa shape index (κ2) is 6.57. The van der Waals surface area contributed by atoms with E-state index in [4.69, 9.17) is 16.3 Å². The van der Waals surface area contributed by atoms with E-state index < -0.39 is 0 Å². The van der Waals surface area contributed by atoms with E-state index in [0.717, 1.165) is 5.56 Å². The Kier molecular flexibility index (Phi) is 5.37. The van der Waals surface area contributed by atoms with Crippen LogP contribution in [0.3, 0.4) is 0 Å². The molecule has 0 fully saturated rings. The number of rotatable bonds is 2. The Morgan fingerprint density at radius 2 is 2.12 bits per heavy atom. The van der Waals surface area contributed by atoms with Crippen LogP contribution in [-0.4, -0.2) is 11.0 Å². The number of carbonyl (C=O) groups excluding carboxylic acids is 1. The molecule has 0 aliphatic carbocycles. The van der Waals surface area contributed by atoms with Gasteiger partial charge in [-0.3, -0.25) is 4.79 Å². The molecule has 1 atom stereocenters. The molecule has 0 aromatic heterocycles. The first-order valence-electron chi connectivity index (χ1n) is 4.63. The normalized spacial score (nSPS) is 11.2. The summed E-state index contributed by atoms with van der Waals surface area (Å²) < 4.78 is 4.86. The quantitative estimate of drug-likeness (QED) is 0.475. The van der Waals surface area contributed by atoms with Crippen molar-refractivity contribution in [3.8, 4) is 11.8 Å². The molecule has 0 saturated heterocycles. The lowest BCUT2D eigenvalue weighted by atomic mass is 10.2. The molecule has 16 heavy (non-hydrogen) atoms. The van der Waals surface area contributed by atoms with E-state index in [-0.39, 0.29) is 11.0 Å². The molecule has 1 aromatic carbocycles. The van der Waals surface area contributed by atoms with Crippen molar-refractivity contribution in [2.45, 2.75) is 18.4 Å². The van der Waals surface area contributed by atoms with Gasteiger partial charge < -0.3 is 4.74 Å². The molecule has 0 bridgehead atoms. The van der Waals surface area contributed by atoms with Gasteiger partial charge in [0.25, 0.3) is 0 Å². The van der Waals surface area contributed by atoms with Crippen LogP contribution in [0.2, 0.25) is 5.02 Å². The van der Waals surface area contributed by atoms with Crippen molar-refractivity contribution in [1.29, 1.82) is 0 Å². The first kappa shape index (κ1) is 13.1. The molecule has 0 N–H and O–H groups in total. The molecule has 1 aromatic rings. The molecule has 0 heterocycles. The van der Waals surface area contributed by atoms with Gasteiger partial charge in [0.05, 0.1) is 6.42 Å². The van der Waals surface area contributed by atoms with Crippen LogP contribution in [0.4, 0.5) is 0 Å². The summed E-state index contributed by atoms with van der Waals surface area (Å²) in [5, 5.41) is 0.327. The Hall–Kier alpha value is -0.980. The molecule has 84 valence electrons. The van der Waals surface area contributed by atoms with Gasteiger partial charge in [-0.15, -0.1) is 0 Å². The SMILES string of the molecule is CC(=O)OC(Br)CC#Cc1ccc(Cl)cc1. The van der Waals surface area contributed by atoms with Gasteiger partial charge in [-0.25, -0.2) is 0 Å². The van der Waals surface area contributed by atoms with E-state index >= 15 is 0 Å². The number of hydrogen-bond acceptors (Lipinski definition) is 2. The Balaban J connectivity index is 2.49. The van der Waals surface area contributed by atoms with Gasteiger partial charge in [-0.2, -0.15) is 0 Å². The van der Waals surface area contributed by atoms with Crippen molar-refractivity contribution in [3.63, 3.8) is 0 Å². The summed E-state index contributed by atoms with van der Waals surface area (Å²) in [6.07, 6.45) is 0.447. The fourth-order valence-electron chi connectivity index (χ4n) is 0.988. The van der Waals surface area contributed by atoms with Crippen LogP contribution in [0, 0.1) is 11.8 Å². The fourth-order valence-corrected chi connectivity index (χ4v) is 1.54. The maximum Gasteiger partial charge on any atom is 0.303 e. The van der Waals surface area contributed by atoms with Crippen molar-refractivity contribution in [2.75, 3.05) is 0 Å². The molecule has 0 saturated carbocycles. The zero-order chi connectivity index (χ0) is 12.0. The Bertz CT molecular complexity index is 417. The third-order valence-electron chi connectivity index (χ3n) is 1.63. The van der Waals surface area contributed by atoms with Crippen LogP contribution >= 0.6 is 27.5 Å². The highest BCUT2D eigenvalue weighted by Gasteiger charge is 2.03. The van der Waals surface area contributed by atoms with Crippen LogP contribution < -0.4 is 0 Å². The standard InChI is InChI=1S/C12H10BrClO2/c1-9(15)16-12(13)4-2-3-10-5-7-11(14)8-6-10/h5-8,12H,4H2,1H3. The topological polar surface area (TPSA) is 26.3 Å². The largest absolute Gasteiger partial charge is 0.450 e. The van der Waals surface area contributed by atoms with Crippen LogP contribution in [0.25, 0.3) is 0 Å². The average molecular weight is 302 g/mol. The number of esters is 1. The minimum absolute atomic E-state index is 0.324. The first-order valence-corrected chi connectivity index (χ1v) is 5.93. The summed E-state index contributed by atoms with van der Waals surface area (Å²) in [6.45, 7) is 1.36. The number of halogens is 2. The number of benzene rings is 1. The molecule has 2 nitrogen and oxygen atoms in total. The third kappa shape index (κ3) is 5.20. The number of ether oxygens (including phenoxy) is 1. The molecule has 0 aliphatic rings. The van der Waals surface area contributed by atoms with E-state index in [1.165, 1.54) is 6.92 Å². The Morgan fingerprint density at radius 3 is 2.69 bits per heavy atom. The summed E-state index contributed by atoms with van der Waals surface area (Å²) in [4.78, 5) is 10.6. The van der Waals surface area contributed by atoms with Crippen LogP contribution in [0.1, 0.15) is 18.9 Å². The van der Waals surface area contributed by atoms with Crippen molar-refractivity contribution < 1.29 is 9.53 Å². The van der Waals surface area contributed by atoms with Gasteiger partial charge in [0, 0.05) is 17.5 Å². The third-order valence-corrected chi connectivity index (χ3v) is 2.40. The smallest absolute Gasteiger partial charge is 0.303 e. The molecule has 0 amide bonds. The second-order valence-corrected chi connectivity index (χ2v) is 4.49. The second-order valence-electron chi connectivity index (χ2n) is 3.03. The highest BCUT2D eigenvalue weighted by Crippen LogP contribution is 2.09. The van der Waals surface area contributed by atoms with Crippen molar-refractivity contribution >= 4 is 33.5 Å². The number of hydrogen-bond donors (Lipinski definition) is 0. The van der Waals surface area contributed by atoms with Crippen LogP contribution in [0.15, 0.2) is 24.3 Å². The van der Waals surface area contributed by atoms with E-state index in [0.29, 0.717) is 11.4 Å². The van der Waals surface area contributed by atoms with Gasteiger partial charge in [-0.05, 0) is 40.2 Å². The van der Waals surface area contributed by atoms with Crippen molar-refractivity contribution in [1.82, 2.24) is 0 Å². The van der Waals surface area contributed by atoms with E-state index in [9.17, 15) is 4.79 Å². The van der Waals surface area contributed by atoms with E-state index in [1.54, 1.807) is 12.1 Å². The van der Waals surface area contributed by atoms with Gasteiger partial charge in [-0.1, -0.05) is 23.4 Å². The van der Waals surface area contributed by atoms with E-state index in [1.807, 2.05) is 12.1 Å². The zero-order valence-corrected chi connectivity index (χ0v) is 11.0. The number of carbonyl (C=O) groups is 1. The Labute approximate surface area is 108 Å². The molecule has 0 radical (unpaired) electrons. The molecule has 1 rings (SSSR count). The minimum atomic E-state index is -0.357. The molecule has 1 unspecified atom stereocenters. The van der Waals surface area contributed by atoms with E-state index in [2.05, 4.69) is 27.8 Å².